The summed E-state index contributed by atoms with van der Waals surface area (Å²) in [6.45, 7) is 1.22. The average Bonchev–Trinajstić information content (AvgIpc) is 3.26. The maximum Gasteiger partial charge on any atom is 0.257 e. The van der Waals surface area contributed by atoms with E-state index in [0.29, 0.717) is 30.0 Å². The topological polar surface area (TPSA) is 83.4 Å². The van der Waals surface area contributed by atoms with Gasteiger partial charge in [0.1, 0.15) is 10.4 Å². The van der Waals surface area contributed by atoms with E-state index in [0.717, 1.165) is 20.8 Å². The minimum absolute atomic E-state index is 0.107. The molecular formula is C25H24ClN3O3S. The van der Waals surface area contributed by atoms with E-state index in [1.165, 1.54) is 11.3 Å². The number of nitrogens with zero attached hydrogens (tertiary/aromatic N) is 1. The summed E-state index contributed by atoms with van der Waals surface area (Å²) in [6, 6.07) is 18.5. The van der Waals surface area contributed by atoms with Gasteiger partial charge in [0.15, 0.2) is 0 Å². The minimum Gasteiger partial charge on any atom is -0.387 e. The first-order chi connectivity index (χ1) is 15.9. The average molecular weight is 482 g/mol. The number of amides is 1. The molecule has 1 amide bonds. The van der Waals surface area contributed by atoms with E-state index in [-0.39, 0.29) is 11.0 Å². The highest BCUT2D eigenvalue weighted by Crippen LogP contribution is 2.23. The zero-order chi connectivity index (χ0) is 23.4. The number of pyridine rings is 1. The highest BCUT2D eigenvalue weighted by atomic mass is 35.5. The van der Waals surface area contributed by atoms with E-state index >= 15 is 0 Å². The summed E-state index contributed by atoms with van der Waals surface area (Å²) in [4.78, 5) is 27.5. The van der Waals surface area contributed by atoms with Crippen molar-refractivity contribution in [2.75, 3.05) is 6.54 Å². The fraction of sp³-hybridized carbons (Fsp3) is 0.200. The third kappa shape index (κ3) is 5.51. The molecule has 1 atom stereocenters. The van der Waals surface area contributed by atoms with Gasteiger partial charge in [-0.15, -0.1) is 11.3 Å². The maximum absolute atomic E-state index is 13.0. The number of fused-ring (bicyclic) bond motifs is 1. The molecule has 0 saturated carbocycles. The van der Waals surface area contributed by atoms with Gasteiger partial charge in [0.2, 0.25) is 5.43 Å². The molecule has 3 N–H and O–H groups in total. The van der Waals surface area contributed by atoms with Gasteiger partial charge in [-0.05, 0) is 29.3 Å². The molecule has 0 fully saturated rings. The zero-order valence-electron chi connectivity index (χ0n) is 18.0. The highest BCUT2D eigenvalue weighted by molar-refractivity contribution is 7.18. The number of carbonyl (C=O) groups is 1. The summed E-state index contributed by atoms with van der Waals surface area (Å²) >= 11 is 7.39. The molecule has 4 rings (SSSR count). The van der Waals surface area contributed by atoms with Gasteiger partial charge < -0.3 is 20.3 Å². The SMILES string of the molecule is Cn1cc(C(=O)NCc2ccc(Cl)cc2)c(=O)c2cc(CNCC(O)c3ccccc3)sc21. The van der Waals surface area contributed by atoms with Crippen LogP contribution in [0.2, 0.25) is 5.02 Å². The van der Waals surface area contributed by atoms with Crippen LogP contribution < -0.4 is 16.1 Å². The molecule has 0 aliphatic carbocycles. The number of rotatable bonds is 8. The molecule has 0 radical (unpaired) electrons. The number of aliphatic hydroxyl groups is 1. The largest absolute Gasteiger partial charge is 0.387 e. The number of carbonyl (C=O) groups excluding carboxylic acids is 1. The van der Waals surface area contributed by atoms with Crippen LogP contribution >= 0.6 is 22.9 Å². The van der Waals surface area contributed by atoms with E-state index in [2.05, 4.69) is 10.6 Å². The van der Waals surface area contributed by atoms with Gasteiger partial charge in [0.25, 0.3) is 5.91 Å². The first-order valence-corrected chi connectivity index (χ1v) is 11.7. The van der Waals surface area contributed by atoms with E-state index in [9.17, 15) is 14.7 Å². The third-order valence-electron chi connectivity index (χ3n) is 5.33. The minimum atomic E-state index is -0.609. The van der Waals surface area contributed by atoms with Gasteiger partial charge >= 0.3 is 0 Å². The Morgan fingerprint density at radius 3 is 2.58 bits per heavy atom. The van der Waals surface area contributed by atoms with Crippen molar-refractivity contribution < 1.29 is 9.90 Å². The second-order valence-corrected chi connectivity index (χ2v) is 9.33. The van der Waals surface area contributed by atoms with Crippen LogP contribution in [-0.2, 0) is 20.1 Å². The van der Waals surface area contributed by atoms with Gasteiger partial charge in [0.05, 0.1) is 11.5 Å². The number of thiophene rings is 1. The van der Waals surface area contributed by atoms with Crippen LogP contribution in [-0.4, -0.2) is 22.1 Å². The van der Waals surface area contributed by atoms with Crippen LogP contribution in [0.3, 0.4) is 0 Å². The maximum atomic E-state index is 13.0. The Bertz CT molecular complexity index is 1320. The monoisotopic (exact) mass is 481 g/mol. The fourth-order valence-corrected chi connectivity index (χ4v) is 4.75. The Morgan fingerprint density at radius 2 is 1.85 bits per heavy atom. The summed E-state index contributed by atoms with van der Waals surface area (Å²) in [7, 11) is 1.82. The van der Waals surface area contributed by atoms with Crippen LogP contribution in [0.15, 0.2) is 71.7 Å². The van der Waals surface area contributed by atoms with E-state index in [1.807, 2.05) is 55.6 Å². The lowest BCUT2D eigenvalue weighted by Gasteiger charge is -2.11. The second-order valence-electron chi connectivity index (χ2n) is 7.78. The van der Waals surface area contributed by atoms with E-state index in [4.69, 9.17) is 11.6 Å². The van der Waals surface area contributed by atoms with Crippen LogP contribution in [0, 0.1) is 0 Å². The Labute approximate surface area is 200 Å². The molecule has 33 heavy (non-hydrogen) atoms. The Balaban J connectivity index is 1.44. The predicted octanol–water partition coefficient (Wildman–Crippen LogP) is 4.01. The normalized spacial score (nSPS) is 12.1. The summed E-state index contributed by atoms with van der Waals surface area (Å²) in [5, 5.41) is 17.5. The van der Waals surface area contributed by atoms with Crippen molar-refractivity contribution in [3.05, 3.63) is 104 Å². The molecule has 1 unspecified atom stereocenters. The molecule has 2 aromatic carbocycles. The van der Waals surface area contributed by atoms with Crippen molar-refractivity contribution >= 4 is 39.1 Å². The Kier molecular flexibility index (Phi) is 7.25. The summed E-state index contributed by atoms with van der Waals surface area (Å²) < 4.78 is 1.81. The molecule has 8 heteroatoms. The van der Waals surface area contributed by atoms with Crippen molar-refractivity contribution in [1.29, 1.82) is 0 Å². The molecule has 4 aromatic rings. The predicted molar refractivity (Wildman–Crippen MR) is 133 cm³/mol. The third-order valence-corrected chi connectivity index (χ3v) is 6.81. The van der Waals surface area contributed by atoms with Crippen LogP contribution in [0.25, 0.3) is 10.2 Å². The number of hydrogen-bond acceptors (Lipinski definition) is 5. The molecule has 2 aromatic heterocycles. The number of aromatic nitrogens is 1. The number of aryl methyl sites for hydroxylation is 1. The smallest absolute Gasteiger partial charge is 0.257 e. The lowest BCUT2D eigenvalue weighted by Crippen LogP contribution is -2.29. The van der Waals surface area contributed by atoms with Gasteiger partial charge in [-0.2, -0.15) is 0 Å². The van der Waals surface area contributed by atoms with Gasteiger partial charge in [-0.1, -0.05) is 54.1 Å². The quantitative estimate of drug-likeness (QED) is 0.355. The lowest BCUT2D eigenvalue weighted by atomic mass is 10.1. The molecule has 6 nitrogen and oxygen atoms in total. The van der Waals surface area contributed by atoms with Crippen molar-refractivity contribution in [3.63, 3.8) is 0 Å². The molecule has 170 valence electrons. The summed E-state index contributed by atoms with van der Waals surface area (Å²) in [6.07, 6.45) is 0.969. The lowest BCUT2D eigenvalue weighted by molar-refractivity contribution is 0.0949. The molecule has 0 aliphatic rings. The Morgan fingerprint density at radius 1 is 1.12 bits per heavy atom. The van der Waals surface area contributed by atoms with Crippen molar-refractivity contribution in [2.24, 2.45) is 7.05 Å². The molecule has 0 spiro atoms. The standard InChI is InChI=1S/C25H24ClN3O3S/c1-29-15-21(24(32)28-12-16-7-9-18(26)10-8-16)23(31)20-11-19(33-25(20)29)13-27-14-22(30)17-5-3-2-4-6-17/h2-11,15,22,27,30H,12-14H2,1H3,(H,28,32). The van der Waals surface area contributed by atoms with E-state index < -0.39 is 12.0 Å². The van der Waals surface area contributed by atoms with Crippen LogP contribution in [0.5, 0.6) is 0 Å². The number of nitrogens with one attached hydrogen (secondary N) is 2. The Hall–Kier alpha value is -2.97. The van der Waals surface area contributed by atoms with Crippen molar-refractivity contribution in [3.8, 4) is 0 Å². The molecule has 0 aliphatic heterocycles. The zero-order valence-corrected chi connectivity index (χ0v) is 19.6. The number of halogens is 1. The molecular weight excluding hydrogens is 458 g/mol. The van der Waals surface area contributed by atoms with Gasteiger partial charge in [-0.25, -0.2) is 0 Å². The van der Waals surface area contributed by atoms with Crippen molar-refractivity contribution in [1.82, 2.24) is 15.2 Å². The summed E-state index contributed by atoms with van der Waals surface area (Å²) in [5.74, 6) is -0.413. The number of hydrogen-bond donors (Lipinski definition) is 3. The molecule has 0 saturated heterocycles. The highest BCUT2D eigenvalue weighted by Gasteiger charge is 2.17. The molecule has 2 heterocycles. The first-order valence-electron chi connectivity index (χ1n) is 10.5. The first kappa shape index (κ1) is 23.2. The van der Waals surface area contributed by atoms with Crippen LogP contribution in [0.1, 0.15) is 32.5 Å². The second kappa shape index (κ2) is 10.3. The molecule has 0 bridgehead atoms. The summed E-state index contributed by atoms with van der Waals surface area (Å²) in [5.41, 5.74) is 1.57. The van der Waals surface area contributed by atoms with Crippen molar-refractivity contribution in [2.45, 2.75) is 19.2 Å². The van der Waals surface area contributed by atoms with E-state index in [1.54, 1.807) is 22.9 Å². The number of benzene rings is 2. The van der Waals surface area contributed by atoms with Gasteiger partial charge in [0, 0.05) is 42.8 Å². The number of aliphatic hydroxyl groups excluding tert-OH is 1. The fourth-order valence-electron chi connectivity index (χ4n) is 3.57. The van der Waals surface area contributed by atoms with Crippen LogP contribution in [0.4, 0.5) is 0 Å². The van der Waals surface area contributed by atoms with Gasteiger partial charge in [-0.3, -0.25) is 9.59 Å².